The zero-order chi connectivity index (χ0) is 15.6. The highest BCUT2D eigenvalue weighted by molar-refractivity contribution is 5.85. The standard InChI is InChI=1S/C20H22N2O/c1-23-19-7-2-4-15(13-19)12-16-5-3-6-17-14-18-8-9-21-10-11-22(18)20(16)17/h2-7,13-14,21H,8-12H2,1H3. The maximum atomic E-state index is 5.36. The number of nitrogens with one attached hydrogen (secondary N) is 1. The number of hydrogen-bond donors (Lipinski definition) is 1. The molecule has 3 nitrogen and oxygen atoms in total. The molecular formula is C20H22N2O. The second-order valence-electron chi connectivity index (χ2n) is 6.17. The van der Waals surface area contributed by atoms with Gasteiger partial charge in [-0.1, -0.05) is 30.3 Å². The van der Waals surface area contributed by atoms with Crippen LogP contribution in [0.5, 0.6) is 5.75 Å². The third-order valence-electron chi connectivity index (χ3n) is 4.69. The van der Waals surface area contributed by atoms with Gasteiger partial charge in [0.25, 0.3) is 0 Å². The van der Waals surface area contributed by atoms with Gasteiger partial charge in [-0.25, -0.2) is 0 Å². The molecule has 2 heterocycles. The number of hydrogen-bond acceptors (Lipinski definition) is 2. The van der Waals surface area contributed by atoms with Gasteiger partial charge in [0.05, 0.1) is 12.6 Å². The first-order valence-electron chi connectivity index (χ1n) is 8.29. The minimum Gasteiger partial charge on any atom is -0.497 e. The van der Waals surface area contributed by atoms with Crippen LogP contribution in [0.25, 0.3) is 10.9 Å². The van der Waals surface area contributed by atoms with Gasteiger partial charge in [-0.15, -0.1) is 0 Å². The molecule has 118 valence electrons. The van der Waals surface area contributed by atoms with Crippen molar-refractivity contribution in [2.75, 3.05) is 20.2 Å². The number of benzene rings is 2. The SMILES string of the molecule is COc1cccc(Cc2cccc3cc4n(c23)CCNCC4)c1. The van der Waals surface area contributed by atoms with Crippen molar-refractivity contribution in [2.45, 2.75) is 19.4 Å². The zero-order valence-electron chi connectivity index (χ0n) is 13.5. The van der Waals surface area contributed by atoms with Crippen molar-refractivity contribution in [1.82, 2.24) is 9.88 Å². The minimum atomic E-state index is 0.924. The molecule has 0 fully saturated rings. The molecular weight excluding hydrogens is 284 g/mol. The molecule has 3 aromatic rings. The Labute approximate surface area is 136 Å². The Kier molecular flexibility index (Phi) is 3.80. The van der Waals surface area contributed by atoms with Crippen LogP contribution in [0.15, 0.2) is 48.5 Å². The quantitative estimate of drug-likeness (QED) is 0.803. The van der Waals surface area contributed by atoms with Crippen molar-refractivity contribution in [3.8, 4) is 5.75 Å². The first kappa shape index (κ1) is 14.3. The minimum absolute atomic E-state index is 0.924. The maximum Gasteiger partial charge on any atom is 0.119 e. The summed E-state index contributed by atoms with van der Waals surface area (Å²) in [7, 11) is 1.72. The fraction of sp³-hybridized carbons (Fsp3) is 0.300. The number of aromatic nitrogens is 1. The molecule has 0 aliphatic carbocycles. The Hall–Kier alpha value is -2.26. The number of ether oxygens (including phenoxy) is 1. The van der Waals surface area contributed by atoms with E-state index in [-0.39, 0.29) is 0 Å². The first-order valence-corrected chi connectivity index (χ1v) is 8.29. The Bertz CT molecular complexity index is 835. The molecule has 23 heavy (non-hydrogen) atoms. The van der Waals surface area contributed by atoms with E-state index in [4.69, 9.17) is 4.74 Å². The summed E-state index contributed by atoms with van der Waals surface area (Å²) in [6.45, 7) is 3.17. The summed E-state index contributed by atoms with van der Waals surface area (Å²) in [5, 5.41) is 4.86. The molecule has 0 bridgehead atoms. The molecule has 0 saturated carbocycles. The predicted octanol–water partition coefficient (Wildman–Crippen LogP) is 3.39. The van der Waals surface area contributed by atoms with E-state index in [9.17, 15) is 0 Å². The van der Waals surface area contributed by atoms with Gasteiger partial charge >= 0.3 is 0 Å². The van der Waals surface area contributed by atoms with Gasteiger partial charge in [-0.2, -0.15) is 0 Å². The number of fused-ring (bicyclic) bond motifs is 3. The molecule has 1 aliphatic heterocycles. The molecule has 2 aromatic carbocycles. The van der Waals surface area contributed by atoms with Crippen molar-refractivity contribution in [2.24, 2.45) is 0 Å². The topological polar surface area (TPSA) is 26.2 Å². The third kappa shape index (κ3) is 2.73. The van der Waals surface area contributed by atoms with E-state index >= 15 is 0 Å². The normalized spacial score (nSPS) is 14.5. The van der Waals surface area contributed by atoms with Crippen LogP contribution < -0.4 is 10.1 Å². The van der Waals surface area contributed by atoms with Gasteiger partial charge in [-0.3, -0.25) is 0 Å². The van der Waals surface area contributed by atoms with E-state index in [0.29, 0.717) is 0 Å². The number of rotatable bonds is 3. The molecule has 1 N–H and O–H groups in total. The molecule has 0 radical (unpaired) electrons. The van der Waals surface area contributed by atoms with Crippen molar-refractivity contribution in [3.63, 3.8) is 0 Å². The van der Waals surface area contributed by atoms with Crippen molar-refractivity contribution in [1.29, 1.82) is 0 Å². The predicted molar refractivity (Wildman–Crippen MR) is 94.3 cm³/mol. The van der Waals surface area contributed by atoms with Crippen LogP contribution in [0.3, 0.4) is 0 Å². The number of para-hydroxylation sites is 1. The van der Waals surface area contributed by atoms with Crippen molar-refractivity contribution < 1.29 is 4.74 Å². The van der Waals surface area contributed by atoms with Crippen LogP contribution >= 0.6 is 0 Å². The zero-order valence-corrected chi connectivity index (χ0v) is 13.5. The Morgan fingerprint density at radius 1 is 1.09 bits per heavy atom. The summed E-state index contributed by atoms with van der Waals surface area (Å²) in [6, 6.07) is 17.4. The van der Waals surface area contributed by atoms with E-state index < -0.39 is 0 Å². The van der Waals surface area contributed by atoms with E-state index in [2.05, 4.69) is 52.3 Å². The molecule has 0 unspecified atom stereocenters. The molecule has 1 aromatic heterocycles. The van der Waals surface area contributed by atoms with Crippen LogP contribution in [0.4, 0.5) is 0 Å². The molecule has 3 heteroatoms. The Morgan fingerprint density at radius 2 is 2.00 bits per heavy atom. The highest BCUT2D eigenvalue weighted by Crippen LogP contribution is 2.27. The lowest BCUT2D eigenvalue weighted by Crippen LogP contribution is -2.17. The van der Waals surface area contributed by atoms with Crippen LogP contribution in [0.2, 0.25) is 0 Å². The lowest BCUT2D eigenvalue weighted by Gasteiger charge is -2.11. The van der Waals surface area contributed by atoms with Crippen LogP contribution in [-0.4, -0.2) is 24.8 Å². The molecule has 0 amide bonds. The average molecular weight is 306 g/mol. The molecule has 4 rings (SSSR count). The summed E-state index contributed by atoms with van der Waals surface area (Å²) in [5.41, 5.74) is 5.53. The Balaban J connectivity index is 1.78. The van der Waals surface area contributed by atoms with Crippen LogP contribution in [0.1, 0.15) is 16.8 Å². The lowest BCUT2D eigenvalue weighted by molar-refractivity contribution is 0.414. The van der Waals surface area contributed by atoms with E-state index in [1.165, 1.54) is 27.7 Å². The fourth-order valence-electron chi connectivity index (χ4n) is 3.60. The smallest absolute Gasteiger partial charge is 0.119 e. The number of methoxy groups -OCH3 is 1. The average Bonchev–Trinajstić information content (AvgIpc) is 2.78. The van der Waals surface area contributed by atoms with Gasteiger partial charge in [0.15, 0.2) is 0 Å². The van der Waals surface area contributed by atoms with Gasteiger partial charge in [0, 0.05) is 37.1 Å². The molecule has 0 saturated heterocycles. The van der Waals surface area contributed by atoms with E-state index in [0.717, 1.165) is 38.2 Å². The van der Waals surface area contributed by atoms with E-state index in [1.807, 2.05) is 6.07 Å². The second kappa shape index (κ2) is 6.09. The van der Waals surface area contributed by atoms with E-state index in [1.54, 1.807) is 7.11 Å². The van der Waals surface area contributed by atoms with Crippen LogP contribution in [0, 0.1) is 0 Å². The fourth-order valence-corrected chi connectivity index (χ4v) is 3.60. The summed E-state index contributed by atoms with van der Waals surface area (Å²) in [6.07, 6.45) is 2.04. The monoisotopic (exact) mass is 306 g/mol. The van der Waals surface area contributed by atoms with Gasteiger partial charge in [0.1, 0.15) is 5.75 Å². The summed E-state index contributed by atoms with van der Waals surface area (Å²) in [5.74, 6) is 0.924. The first-order chi connectivity index (χ1) is 11.3. The summed E-state index contributed by atoms with van der Waals surface area (Å²) >= 11 is 0. The molecule has 0 atom stereocenters. The third-order valence-corrected chi connectivity index (χ3v) is 4.69. The van der Waals surface area contributed by atoms with Crippen molar-refractivity contribution >= 4 is 10.9 Å². The van der Waals surface area contributed by atoms with Crippen molar-refractivity contribution in [3.05, 3.63) is 65.4 Å². The molecule has 0 spiro atoms. The summed E-state index contributed by atoms with van der Waals surface area (Å²) in [4.78, 5) is 0. The lowest BCUT2D eigenvalue weighted by atomic mass is 10.0. The van der Waals surface area contributed by atoms with Gasteiger partial charge in [-0.05, 0) is 35.7 Å². The molecule has 1 aliphatic rings. The summed E-state index contributed by atoms with van der Waals surface area (Å²) < 4.78 is 7.86. The van der Waals surface area contributed by atoms with Gasteiger partial charge < -0.3 is 14.6 Å². The number of nitrogens with zero attached hydrogens (tertiary/aromatic N) is 1. The van der Waals surface area contributed by atoms with Gasteiger partial charge in [0.2, 0.25) is 0 Å². The Morgan fingerprint density at radius 3 is 2.91 bits per heavy atom. The highest BCUT2D eigenvalue weighted by Gasteiger charge is 2.14. The second-order valence-corrected chi connectivity index (χ2v) is 6.17. The highest BCUT2D eigenvalue weighted by atomic mass is 16.5. The maximum absolute atomic E-state index is 5.36. The van der Waals surface area contributed by atoms with Crippen LogP contribution in [-0.2, 0) is 19.4 Å². The largest absolute Gasteiger partial charge is 0.497 e.